The Hall–Kier alpha value is -4.64. The molecule has 0 saturated carbocycles. The van der Waals surface area contributed by atoms with Gasteiger partial charge in [-0.05, 0) is 67.9 Å². The molecule has 0 spiro atoms. The number of Topliss-reactive ketones (excluding diaryl/α,β-unsaturated/α-hetero) is 1. The molecule has 0 bridgehead atoms. The molecule has 4 aromatic rings. The zero-order chi connectivity index (χ0) is 28.7. The van der Waals surface area contributed by atoms with Crippen LogP contribution < -0.4 is 23.8 Å². The molecule has 1 unspecified atom stereocenters. The van der Waals surface area contributed by atoms with Gasteiger partial charge in [0.25, 0.3) is 5.78 Å². The van der Waals surface area contributed by atoms with Gasteiger partial charge in [0, 0.05) is 5.56 Å². The molecule has 0 radical (unpaired) electrons. The smallest absolute Gasteiger partial charge is 0.301 e. The summed E-state index contributed by atoms with van der Waals surface area (Å²) in [5.74, 6) is -0.747. The Morgan fingerprint density at radius 3 is 2.54 bits per heavy atom. The molecule has 41 heavy (non-hydrogen) atoms. The lowest BCUT2D eigenvalue weighted by molar-refractivity contribution is -0.132. The molecule has 3 aromatic carbocycles. The average Bonchev–Trinajstić information content (AvgIpc) is 3.51. The SMILES string of the molecule is CCOc1ccc(C2/C(=C(\O)c3ccc4c(c3)OCCO4)C(=O)C(=O)N2c2nc3ccc(F)cc3s2)cc1OCC. The third kappa shape index (κ3) is 4.71. The lowest BCUT2D eigenvalue weighted by Gasteiger charge is -2.24. The Bertz CT molecular complexity index is 1720. The van der Waals surface area contributed by atoms with Gasteiger partial charge in [-0.2, -0.15) is 0 Å². The molecule has 1 N–H and O–H groups in total. The van der Waals surface area contributed by atoms with Gasteiger partial charge >= 0.3 is 5.91 Å². The maximum absolute atomic E-state index is 14.0. The third-order valence-corrected chi connectivity index (χ3v) is 7.71. The summed E-state index contributed by atoms with van der Waals surface area (Å²) in [6, 6.07) is 12.9. The predicted molar refractivity (Wildman–Crippen MR) is 151 cm³/mol. The van der Waals surface area contributed by atoms with Gasteiger partial charge in [0.1, 0.15) is 24.8 Å². The van der Waals surface area contributed by atoms with Gasteiger partial charge in [0.2, 0.25) is 0 Å². The standard InChI is InChI=1S/C30H25FN2O7S/c1-3-37-20-9-5-16(13-22(20)38-4-2)26-25(27(34)17-6-10-21-23(14-17)40-12-11-39-21)28(35)29(36)33(26)30-32-19-8-7-18(31)15-24(19)41-30/h5-10,13-15,26,34H,3-4,11-12H2,1-2H3/b27-25+. The molecule has 3 heterocycles. The summed E-state index contributed by atoms with van der Waals surface area (Å²) >= 11 is 1.07. The first-order chi connectivity index (χ1) is 19.9. The van der Waals surface area contributed by atoms with Crippen molar-refractivity contribution < 1.29 is 38.0 Å². The number of carbonyl (C=O) groups is 2. The lowest BCUT2D eigenvalue weighted by atomic mass is 9.95. The molecule has 9 nitrogen and oxygen atoms in total. The van der Waals surface area contributed by atoms with Crippen molar-refractivity contribution in [3.63, 3.8) is 0 Å². The second-order valence-electron chi connectivity index (χ2n) is 9.21. The van der Waals surface area contributed by atoms with E-state index in [0.717, 1.165) is 11.3 Å². The number of halogens is 1. The van der Waals surface area contributed by atoms with Crippen molar-refractivity contribution in [2.75, 3.05) is 31.3 Å². The van der Waals surface area contributed by atoms with Crippen LogP contribution in [0.1, 0.15) is 31.0 Å². The molecule has 2 aliphatic rings. The molecule has 210 valence electrons. The van der Waals surface area contributed by atoms with E-state index in [1.54, 1.807) is 36.4 Å². The van der Waals surface area contributed by atoms with Crippen LogP contribution in [0.25, 0.3) is 16.0 Å². The number of ketones is 1. The van der Waals surface area contributed by atoms with Crippen molar-refractivity contribution >= 4 is 44.1 Å². The maximum Gasteiger partial charge on any atom is 0.301 e. The van der Waals surface area contributed by atoms with Crippen LogP contribution in [0.15, 0.2) is 60.2 Å². The highest BCUT2D eigenvalue weighted by Gasteiger charge is 2.48. The molecular formula is C30H25FN2O7S. The number of aromatic nitrogens is 1. The number of amides is 1. The number of hydrogen-bond acceptors (Lipinski definition) is 9. The van der Waals surface area contributed by atoms with Gasteiger partial charge in [0.15, 0.2) is 28.1 Å². The second-order valence-corrected chi connectivity index (χ2v) is 10.2. The normalized spacial score (nSPS) is 17.7. The van der Waals surface area contributed by atoms with E-state index in [1.165, 1.54) is 23.1 Å². The van der Waals surface area contributed by atoms with Gasteiger partial charge in [0.05, 0.1) is 35.0 Å². The number of rotatable bonds is 7. The number of carbonyl (C=O) groups excluding carboxylic acids is 2. The summed E-state index contributed by atoms with van der Waals surface area (Å²) in [6.07, 6.45) is 0. The number of benzene rings is 3. The summed E-state index contributed by atoms with van der Waals surface area (Å²) in [7, 11) is 0. The van der Waals surface area contributed by atoms with Crippen LogP contribution in [0.5, 0.6) is 23.0 Å². The summed E-state index contributed by atoms with van der Waals surface area (Å²) in [5.41, 5.74) is 1.10. The second kappa shape index (κ2) is 10.7. The number of ether oxygens (including phenoxy) is 4. The van der Waals surface area contributed by atoms with Crippen molar-refractivity contribution in [3.8, 4) is 23.0 Å². The number of thiazole rings is 1. The molecule has 2 aliphatic heterocycles. The first-order valence-electron chi connectivity index (χ1n) is 13.1. The molecule has 0 aliphatic carbocycles. The minimum absolute atomic E-state index is 0.135. The largest absolute Gasteiger partial charge is 0.507 e. The van der Waals surface area contributed by atoms with Crippen molar-refractivity contribution in [1.29, 1.82) is 0 Å². The Labute approximate surface area is 238 Å². The lowest BCUT2D eigenvalue weighted by Crippen LogP contribution is -2.29. The van der Waals surface area contributed by atoms with Crippen LogP contribution in [0.3, 0.4) is 0 Å². The zero-order valence-corrected chi connectivity index (χ0v) is 23.0. The van der Waals surface area contributed by atoms with E-state index in [4.69, 9.17) is 18.9 Å². The highest BCUT2D eigenvalue weighted by Crippen LogP contribution is 2.46. The summed E-state index contributed by atoms with van der Waals surface area (Å²) < 4.78 is 37.2. The maximum atomic E-state index is 14.0. The number of fused-ring (bicyclic) bond motifs is 2. The van der Waals surface area contributed by atoms with Gasteiger partial charge in [-0.15, -0.1) is 0 Å². The van der Waals surface area contributed by atoms with Crippen molar-refractivity contribution in [2.24, 2.45) is 0 Å². The van der Waals surface area contributed by atoms with Gasteiger partial charge < -0.3 is 24.1 Å². The molecule has 6 rings (SSSR count). The fourth-order valence-electron chi connectivity index (χ4n) is 4.92. The fraction of sp³-hybridized carbons (Fsp3) is 0.233. The summed E-state index contributed by atoms with van der Waals surface area (Å²) in [4.78, 5) is 33.0. The van der Waals surface area contributed by atoms with Gasteiger partial charge in [-0.25, -0.2) is 9.37 Å². The Morgan fingerprint density at radius 2 is 1.76 bits per heavy atom. The van der Waals surface area contributed by atoms with Gasteiger partial charge in [-0.3, -0.25) is 14.5 Å². The number of aliphatic hydroxyl groups is 1. The minimum atomic E-state index is -1.07. The zero-order valence-electron chi connectivity index (χ0n) is 22.2. The first-order valence-corrected chi connectivity index (χ1v) is 13.9. The average molecular weight is 577 g/mol. The Kier molecular flexibility index (Phi) is 6.96. The van der Waals surface area contributed by atoms with Crippen molar-refractivity contribution in [3.05, 3.63) is 77.1 Å². The van der Waals surface area contributed by atoms with Crippen LogP contribution in [0.2, 0.25) is 0 Å². The summed E-state index contributed by atoms with van der Waals surface area (Å²) in [5, 5.41) is 11.7. The van der Waals surface area contributed by atoms with Crippen LogP contribution in [-0.4, -0.2) is 48.2 Å². The quantitative estimate of drug-likeness (QED) is 0.171. The van der Waals surface area contributed by atoms with E-state index < -0.39 is 23.5 Å². The Balaban J connectivity index is 1.55. The summed E-state index contributed by atoms with van der Waals surface area (Å²) in [6.45, 7) is 5.18. The van der Waals surface area contributed by atoms with Crippen molar-refractivity contribution in [2.45, 2.75) is 19.9 Å². The van der Waals surface area contributed by atoms with Gasteiger partial charge in [-0.1, -0.05) is 17.4 Å². The van der Waals surface area contributed by atoms with E-state index in [2.05, 4.69) is 4.98 Å². The molecule has 1 saturated heterocycles. The van der Waals surface area contributed by atoms with E-state index in [-0.39, 0.29) is 22.0 Å². The van der Waals surface area contributed by atoms with E-state index >= 15 is 0 Å². The first kappa shape index (κ1) is 26.6. The molecule has 1 atom stereocenters. The van der Waals surface area contributed by atoms with Crippen LogP contribution in [-0.2, 0) is 9.59 Å². The van der Waals surface area contributed by atoms with Crippen LogP contribution >= 0.6 is 11.3 Å². The van der Waals surface area contributed by atoms with Crippen LogP contribution in [0.4, 0.5) is 9.52 Å². The highest BCUT2D eigenvalue weighted by atomic mass is 32.1. The van der Waals surface area contributed by atoms with E-state index in [0.29, 0.717) is 65.2 Å². The monoisotopic (exact) mass is 576 g/mol. The van der Waals surface area contributed by atoms with Crippen molar-refractivity contribution in [1.82, 2.24) is 4.98 Å². The van der Waals surface area contributed by atoms with Crippen LogP contribution in [0, 0.1) is 5.82 Å². The number of nitrogens with zero attached hydrogens (tertiary/aromatic N) is 2. The third-order valence-electron chi connectivity index (χ3n) is 6.69. The predicted octanol–water partition coefficient (Wildman–Crippen LogP) is 5.63. The fourth-order valence-corrected chi connectivity index (χ4v) is 5.94. The van der Waals surface area contributed by atoms with E-state index in [9.17, 15) is 19.1 Å². The molecule has 1 fully saturated rings. The number of hydrogen-bond donors (Lipinski definition) is 1. The Morgan fingerprint density at radius 1 is 1.00 bits per heavy atom. The minimum Gasteiger partial charge on any atom is -0.507 e. The molecule has 1 aromatic heterocycles. The topological polar surface area (TPSA) is 107 Å². The highest BCUT2D eigenvalue weighted by molar-refractivity contribution is 7.22. The molecule has 11 heteroatoms. The molecular weight excluding hydrogens is 551 g/mol. The number of aliphatic hydroxyl groups excluding tert-OH is 1. The molecule has 1 amide bonds. The van der Waals surface area contributed by atoms with E-state index in [1.807, 2.05) is 13.8 Å². The number of anilines is 1.